The maximum absolute atomic E-state index is 14.1. The lowest BCUT2D eigenvalue weighted by Crippen LogP contribution is -2.48. The van der Waals surface area contributed by atoms with Gasteiger partial charge in [-0.2, -0.15) is 0 Å². The van der Waals surface area contributed by atoms with Crippen LogP contribution >= 0.6 is 11.8 Å². The van der Waals surface area contributed by atoms with Crippen molar-refractivity contribution < 1.29 is 23.9 Å². The van der Waals surface area contributed by atoms with E-state index in [4.69, 9.17) is 5.11 Å². The summed E-state index contributed by atoms with van der Waals surface area (Å²) in [7, 11) is 0. The molecular weight excluding hydrogens is 335 g/mol. The molecule has 1 aliphatic rings. The van der Waals surface area contributed by atoms with E-state index in [2.05, 4.69) is 5.32 Å². The molecule has 1 fully saturated rings. The highest BCUT2D eigenvalue weighted by Gasteiger charge is 2.36. The van der Waals surface area contributed by atoms with E-state index in [1.807, 2.05) is 13.8 Å². The summed E-state index contributed by atoms with van der Waals surface area (Å²) in [4.78, 5) is 36.9. The van der Waals surface area contributed by atoms with Crippen molar-refractivity contribution >= 4 is 29.5 Å². The number of hydrogen-bond donors (Lipinski definition) is 2. The molecule has 8 heteroatoms. The van der Waals surface area contributed by atoms with E-state index in [9.17, 15) is 18.8 Å². The quantitative estimate of drug-likeness (QED) is 0.842. The van der Waals surface area contributed by atoms with Gasteiger partial charge in [0.25, 0.3) is 5.91 Å². The molecule has 2 N–H and O–H groups in total. The normalized spacial score (nSPS) is 17.2. The van der Waals surface area contributed by atoms with Crippen LogP contribution < -0.4 is 5.32 Å². The molecule has 1 unspecified atom stereocenters. The minimum atomic E-state index is -1.27. The van der Waals surface area contributed by atoms with Crippen LogP contribution in [0.4, 0.5) is 4.39 Å². The molecule has 0 bridgehead atoms. The SMILES string of the molecule is CC(C)CNC(=O)C1CSCN1C(=O)c1ccc(C(=O)O)cc1F. The molecule has 1 heterocycles. The summed E-state index contributed by atoms with van der Waals surface area (Å²) < 4.78 is 14.1. The Kier molecular flexibility index (Phi) is 5.82. The van der Waals surface area contributed by atoms with Crippen molar-refractivity contribution in [2.45, 2.75) is 19.9 Å². The number of nitrogens with zero attached hydrogens (tertiary/aromatic N) is 1. The minimum Gasteiger partial charge on any atom is -0.478 e. The second kappa shape index (κ2) is 7.65. The zero-order valence-corrected chi connectivity index (χ0v) is 14.2. The van der Waals surface area contributed by atoms with Gasteiger partial charge in [-0.15, -0.1) is 11.8 Å². The summed E-state index contributed by atoms with van der Waals surface area (Å²) in [6, 6.07) is 2.48. The van der Waals surface area contributed by atoms with Gasteiger partial charge in [0.15, 0.2) is 0 Å². The number of rotatable bonds is 5. The van der Waals surface area contributed by atoms with E-state index in [-0.39, 0.29) is 23.0 Å². The van der Waals surface area contributed by atoms with Gasteiger partial charge in [-0.25, -0.2) is 9.18 Å². The molecule has 0 aliphatic carbocycles. The molecule has 1 aromatic rings. The third kappa shape index (κ3) is 4.05. The molecule has 24 heavy (non-hydrogen) atoms. The Hall–Kier alpha value is -2.09. The number of carbonyl (C=O) groups excluding carboxylic acids is 2. The molecule has 6 nitrogen and oxygen atoms in total. The molecular formula is C16H19FN2O4S. The lowest BCUT2D eigenvalue weighted by molar-refractivity contribution is -0.124. The van der Waals surface area contributed by atoms with E-state index in [0.29, 0.717) is 18.2 Å². The first kappa shape index (κ1) is 18.3. The first-order chi connectivity index (χ1) is 11.3. The van der Waals surface area contributed by atoms with Crippen molar-refractivity contribution in [3.05, 3.63) is 35.1 Å². The zero-order chi connectivity index (χ0) is 17.9. The summed E-state index contributed by atoms with van der Waals surface area (Å²) in [6.45, 7) is 4.43. The topological polar surface area (TPSA) is 86.7 Å². The Balaban J connectivity index is 2.16. The lowest BCUT2D eigenvalue weighted by Gasteiger charge is -2.23. The highest BCUT2D eigenvalue weighted by atomic mass is 32.2. The molecule has 1 aliphatic heterocycles. The van der Waals surface area contributed by atoms with Crippen LogP contribution in [0.3, 0.4) is 0 Å². The molecule has 1 saturated heterocycles. The first-order valence-electron chi connectivity index (χ1n) is 7.50. The fraction of sp³-hybridized carbons (Fsp3) is 0.438. The van der Waals surface area contributed by atoms with E-state index in [1.54, 1.807) is 0 Å². The fourth-order valence-electron chi connectivity index (χ4n) is 2.26. The molecule has 2 amide bonds. The predicted molar refractivity (Wildman–Crippen MR) is 88.5 cm³/mol. The van der Waals surface area contributed by atoms with Crippen molar-refractivity contribution in [1.29, 1.82) is 0 Å². The number of benzene rings is 1. The lowest BCUT2D eigenvalue weighted by atomic mass is 10.1. The molecule has 0 aromatic heterocycles. The Morgan fingerprint density at radius 2 is 2.12 bits per heavy atom. The van der Waals surface area contributed by atoms with Crippen molar-refractivity contribution in [2.24, 2.45) is 5.92 Å². The highest BCUT2D eigenvalue weighted by molar-refractivity contribution is 7.99. The highest BCUT2D eigenvalue weighted by Crippen LogP contribution is 2.24. The third-order valence-corrected chi connectivity index (χ3v) is 4.59. The molecule has 0 spiro atoms. The molecule has 0 saturated carbocycles. The van der Waals surface area contributed by atoms with Crippen LogP contribution in [0.1, 0.15) is 34.6 Å². The van der Waals surface area contributed by atoms with Gasteiger partial charge in [0.2, 0.25) is 5.91 Å². The number of amides is 2. The third-order valence-electron chi connectivity index (χ3n) is 3.58. The van der Waals surface area contributed by atoms with Gasteiger partial charge < -0.3 is 15.3 Å². The summed E-state index contributed by atoms with van der Waals surface area (Å²) in [5.41, 5.74) is -0.463. The molecule has 0 radical (unpaired) electrons. The Bertz CT molecular complexity index is 665. The number of halogens is 1. The maximum atomic E-state index is 14.1. The van der Waals surface area contributed by atoms with Crippen LogP contribution in [0, 0.1) is 11.7 Å². The number of carboxylic acid groups (broad SMARTS) is 1. The zero-order valence-electron chi connectivity index (χ0n) is 13.4. The largest absolute Gasteiger partial charge is 0.478 e. The van der Waals surface area contributed by atoms with Gasteiger partial charge in [0.05, 0.1) is 17.0 Å². The van der Waals surface area contributed by atoms with Crippen LogP contribution in [0.25, 0.3) is 0 Å². The van der Waals surface area contributed by atoms with Gasteiger partial charge in [-0.3, -0.25) is 9.59 Å². The summed E-state index contributed by atoms with van der Waals surface area (Å²) in [5.74, 6) is -2.02. The second-order valence-corrected chi connectivity index (χ2v) is 6.93. The van der Waals surface area contributed by atoms with Crippen molar-refractivity contribution in [2.75, 3.05) is 18.2 Å². The summed E-state index contributed by atoms with van der Waals surface area (Å²) >= 11 is 1.42. The smallest absolute Gasteiger partial charge is 0.335 e. The molecule has 130 valence electrons. The Morgan fingerprint density at radius 1 is 1.42 bits per heavy atom. The molecule has 1 atom stereocenters. The minimum absolute atomic E-state index is 0.230. The van der Waals surface area contributed by atoms with Crippen LogP contribution in [0.5, 0.6) is 0 Å². The molecule has 1 aromatic carbocycles. The predicted octanol–water partition coefficient (Wildman–Crippen LogP) is 1.81. The van der Waals surface area contributed by atoms with Crippen LogP contribution in [0.2, 0.25) is 0 Å². The Labute approximate surface area is 143 Å². The van der Waals surface area contributed by atoms with Gasteiger partial charge in [-0.05, 0) is 24.1 Å². The van der Waals surface area contributed by atoms with E-state index in [1.165, 1.54) is 22.7 Å². The number of carbonyl (C=O) groups is 3. The average Bonchev–Trinajstić information content (AvgIpc) is 3.01. The van der Waals surface area contributed by atoms with E-state index >= 15 is 0 Å². The van der Waals surface area contributed by atoms with Crippen LogP contribution in [0.15, 0.2) is 18.2 Å². The number of nitrogens with one attached hydrogen (secondary N) is 1. The van der Waals surface area contributed by atoms with Crippen molar-refractivity contribution in [1.82, 2.24) is 10.2 Å². The number of aromatic carboxylic acids is 1. The maximum Gasteiger partial charge on any atom is 0.335 e. The van der Waals surface area contributed by atoms with Gasteiger partial charge in [0.1, 0.15) is 11.9 Å². The van der Waals surface area contributed by atoms with Crippen molar-refractivity contribution in [3.8, 4) is 0 Å². The Morgan fingerprint density at radius 3 is 2.71 bits per heavy atom. The monoisotopic (exact) mass is 354 g/mol. The van der Waals surface area contributed by atoms with Crippen LogP contribution in [-0.4, -0.2) is 52.0 Å². The number of hydrogen-bond acceptors (Lipinski definition) is 4. The first-order valence-corrected chi connectivity index (χ1v) is 8.66. The standard InChI is InChI=1S/C16H19FN2O4S/c1-9(2)6-18-14(20)13-7-24-8-19(13)15(21)11-4-3-10(16(22)23)5-12(11)17/h3-5,9,13H,6-8H2,1-2H3,(H,18,20)(H,22,23). The van der Waals surface area contributed by atoms with Gasteiger partial charge in [0, 0.05) is 12.3 Å². The van der Waals surface area contributed by atoms with E-state index in [0.717, 1.165) is 12.1 Å². The summed E-state index contributed by atoms with van der Waals surface area (Å²) in [5, 5.41) is 11.6. The van der Waals surface area contributed by atoms with Gasteiger partial charge >= 0.3 is 5.97 Å². The van der Waals surface area contributed by atoms with Gasteiger partial charge in [-0.1, -0.05) is 13.8 Å². The van der Waals surface area contributed by atoms with E-state index < -0.39 is 23.7 Å². The second-order valence-electron chi connectivity index (χ2n) is 5.93. The number of carboxylic acids is 1. The fourth-order valence-corrected chi connectivity index (χ4v) is 3.41. The van der Waals surface area contributed by atoms with Crippen molar-refractivity contribution in [3.63, 3.8) is 0 Å². The van der Waals surface area contributed by atoms with Crippen LogP contribution in [-0.2, 0) is 4.79 Å². The molecule has 2 rings (SSSR count). The number of thioether (sulfide) groups is 1. The average molecular weight is 354 g/mol. The summed E-state index contributed by atoms with van der Waals surface area (Å²) in [6.07, 6.45) is 0.